The van der Waals surface area contributed by atoms with E-state index in [2.05, 4.69) is 0 Å². The summed E-state index contributed by atoms with van der Waals surface area (Å²) in [6.07, 6.45) is -0.0861. The number of para-hydroxylation sites is 2. The summed E-state index contributed by atoms with van der Waals surface area (Å²) in [6.45, 7) is -0.303. The second-order valence-electron chi connectivity index (χ2n) is 6.59. The summed E-state index contributed by atoms with van der Waals surface area (Å²) in [4.78, 5) is 37.6. The van der Waals surface area contributed by atoms with Crippen LogP contribution in [-0.2, 0) is 28.9 Å². The molecule has 1 aliphatic rings. The van der Waals surface area contributed by atoms with Gasteiger partial charge in [-0.25, -0.2) is 13.2 Å². The van der Waals surface area contributed by atoms with Crippen molar-refractivity contribution < 1.29 is 17.9 Å². The van der Waals surface area contributed by atoms with Gasteiger partial charge in [-0.1, -0.05) is 12.1 Å². The fraction of sp³-hybridized carbons (Fsp3) is 0.353. The van der Waals surface area contributed by atoms with Crippen LogP contribution in [0, 0.1) is 0 Å². The lowest BCUT2D eigenvalue weighted by molar-refractivity contribution is -0.135. The second-order valence-corrected chi connectivity index (χ2v) is 8.42. The van der Waals surface area contributed by atoms with Gasteiger partial charge >= 0.3 is 5.69 Å². The molecular formula is C17H20N4O6S. The molecule has 0 fully saturated rings. The number of hydrogen-bond donors (Lipinski definition) is 0. The van der Waals surface area contributed by atoms with Gasteiger partial charge in [-0.2, -0.15) is 0 Å². The number of ether oxygens (including phenoxy) is 1. The van der Waals surface area contributed by atoms with Crippen molar-refractivity contribution in [2.24, 2.45) is 14.1 Å². The third kappa shape index (κ3) is 3.07. The quantitative estimate of drug-likeness (QED) is 0.653. The number of carbonyl (C=O) groups excluding carboxylic acids is 1. The van der Waals surface area contributed by atoms with Gasteiger partial charge in [-0.05, 0) is 12.1 Å². The number of fused-ring (bicyclic) bond motifs is 1. The predicted octanol–water partition coefficient (Wildman–Crippen LogP) is -0.871. The highest BCUT2D eigenvalue weighted by molar-refractivity contribution is 7.92. The Hall–Kier alpha value is -3.08. The summed E-state index contributed by atoms with van der Waals surface area (Å²) in [7, 11) is 1.26. The third-order valence-electron chi connectivity index (χ3n) is 4.43. The van der Waals surface area contributed by atoms with Gasteiger partial charge < -0.3 is 14.2 Å². The summed E-state index contributed by atoms with van der Waals surface area (Å²) in [5.74, 6) is -0.206. The van der Waals surface area contributed by atoms with Gasteiger partial charge in [-0.15, -0.1) is 0 Å². The molecule has 0 radical (unpaired) electrons. The number of nitrogens with zero attached hydrogens (tertiary/aromatic N) is 4. The highest BCUT2D eigenvalue weighted by Crippen LogP contribution is 2.36. The first-order valence-electron chi connectivity index (χ1n) is 8.32. The lowest BCUT2D eigenvalue weighted by atomic mass is 10.2. The van der Waals surface area contributed by atoms with Crippen molar-refractivity contribution in [1.29, 1.82) is 0 Å². The summed E-state index contributed by atoms with van der Waals surface area (Å²) in [5.41, 5.74) is -1.38. The Bertz CT molecular complexity index is 1160. The van der Waals surface area contributed by atoms with Crippen LogP contribution in [0.25, 0.3) is 0 Å². The predicted molar refractivity (Wildman–Crippen MR) is 101 cm³/mol. The van der Waals surface area contributed by atoms with E-state index in [0.717, 1.165) is 19.6 Å². The van der Waals surface area contributed by atoms with Crippen molar-refractivity contribution in [2.45, 2.75) is 11.0 Å². The molecule has 0 aliphatic carbocycles. The molecule has 1 aromatic heterocycles. The zero-order chi connectivity index (χ0) is 20.8. The Morgan fingerprint density at radius 3 is 2.46 bits per heavy atom. The highest BCUT2D eigenvalue weighted by atomic mass is 32.2. The van der Waals surface area contributed by atoms with E-state index in [-0.39, 0.29) is 18.0 Å². The van der Waals surface area contributed by atoms with Gasteiger partial charge in [-0.3, -0.25) is 18.5 Å². The molecule has 0 unspecified atom stereocenters. The number of amides is 1. The van der Waals surface area contributed by atoms with Crippen LogP contribution in [0.15, 0.2) is 44.9 Å². The van der Waals surface area contributed by atoms with Gasteiger partial charge in [0.15, 0.2) is 11.0 Å². The average molecular weight is 408 g/mol. The van der Waals surface area contributed by atoms with Crippen LogP contribution in [0.4, 0.5) is 5.69 Å². The Balaban J connectivity index is 2.20. The number of anilines is 1. The minimum atomic E-state index is -4.37. The summed E-state index contributed by atoms with van der Waals surface area (Å²) in [5, 5.41) is 0. The molecule has 150 valence electrons. The number of hydrogen-bond acceptors (Lipinski definition) is 6. The topological polar surface area (TPSA) is 111 Å². The standard InChI is InChI=1S/C17H20N4O6S/c1-18(2)15(22)13-9-21(11-7-5-6-8-12(11)27-13)28(25,26)14-10-19(3)17(24)20(4)16(14)23/h5-8,10,13H,9H2,1-4H3/t13-/m1/s1. The molecule has 0 saturated carbocycles. The first-order valence-corrected chi connectivity index (χ1v) is 9.76. The number of aryl methyl sites for hydroxylation is 1. The van der Waals surface area contributed by atoms with E-state index in [0.29, 0.717) is 0 Å². The Labute approximate surface area is 161 Å². The molecular weight excluding hydrogens is 388 g/mol. The van der Waals surface area contributed by atoms with Crippen molar-refractivity contribution in [3.63, 3.8) is 0 Å². The highest BCUT2D eigenvalue weighted by Gasteiger charge is 2.39. The summed E-state index contributed by atoms with van der Waals surface area (Å²) < 4.78 is 35.1. The zero-order valence-electron chi connectivity index (χ0n) is 15.8. The minimum Gasteiger partial charge on any atom is -0.476 e. The van der Waals surface area contributed by atoms with Gasteiger partial charge in [0.1, 0.15) is 5.75 Å². The second kappa shape index (κ2) is 6.82. The average Bonchev–Trinajstić information content (AvgIpc) is 2.67. The third-order valence-corrected chi connectivity index (χ3v) is 6.20. The molecule has 0 bridgehead atoms. The van der Waals surface area contributed by atoms with E-state index in [1.165, 1.54) is 39.2 Å². The molecule has 11 heteroatoms. The number of aromatic nitrogens is 2. The van der Waals surface area contributed by atoms with Gasteiger partial charge in [0.05, 0.1) is 12.2 Å². The van der Waals surface area contributed by atoms with Crippen molar-refractivity contribution in [2.75, 3.05) is 24.9 Å². The molecule has 1 atom stereocenters. The summed E-state index contributed by atoms with van der Waals surface area (Å²) in [6, 6.07) is 6.34. The molecule has 1 amide bonds. The number of benzene rings is 1. The van der Waals surface area contributed by atoms with E-state index < -0.39 is 38.2 Å². The monoisotopic (exact) mass is 408 g/mol. The number of rotatable bonds is 3. The molecule has 2 heterocycles. The maximum Gasteiger partial charge on any atom is 0.330 e. The fourth-order valence-electron chi connectivity index (χ4n) is 2.92. The van der Waals surface area contributed by atoms with Crippen LogP contribution in [0.3, 0.4) is 0 Å². The first-order chi connectivity index (χ1) is 13.1. The smallest absolute Gasteiger partial charge is 0.330 e. The van der Waals surface area contributed by atoms with Gasteiger partial charge in [0.25, 0.3) is 21.5 Å². The maximum absolute atomic E-state index is 13.3. The lowest BCUT2D eigenvalue weighted by Crippen LogP contribution is -2.51. The maximum atomic E-state index is 13.3. The van der Waals surface area contributed by atoms with Crippen molar-refractivity contribution >= 4 is 21.6 Å². The van der Waals surface area contributed by atoms with E-state index in [1.54, 1.807) is 18.2 Å². The van der Waals surface area contributed by atoms with Crippen molar-refractivity contribution in [1.82, 2.24) is 14.0 Å². The van der Waals surface area contributed by atoms with E-state index in [4.69, 9.17) is 4.74 Å². The van der Waals surface area contributed by atoms with Gasteiger partial charge in [0.2, 0.25) is 0 Å². The van der Waals surface area contributed by atoms with E-state index in [1.807, 2.05) is 0 Å². The number of carbonyl (C=O) groups is 1. The lowest BCUT2D eigenvalue weighted by Gasteiger charge is -2.35. The van der Waals surface area contributed by atoms with Crippen LogP contribution in [0.5, 0.6) is 5.75 Å². The molecule has 2 aromatic rings. The van der Waals surface area contributed by atoms with Crippen LogP contribution in [0.1, 0.15) is 0 Å². The molecule has 0 N–H and O–H groups in total. The number of sulfonamides is 1. The zero-order valence-corrected chi connectivity index (χ0v) is 16.6. The van der Waals surface area contributed by atoms with Crippen LogP contribution >= 0.6 is 0 Å². The summed E-state index contributed by atoms with van der Waals surface area (Å²) >= 11 is 0. The van der Waals surface area contributed by atoms with Gasteiger partial charge in [0, 0.05) is 34.4 Å². The molecule has 3 rings (SSSR count). The largest absolute Gasteiger partial charge is 0.476 e. The molecule has 1 aromatic carbocycles. The minimum absolute atomic E-state index is 0.208. The van der Waals surface area contributed by atoms with Crippen molar-refractivity contribution in [3.8, 4) is 5.75 Å². The Morgan fingerprint density at radius 1 is 1.18 bits per heavy atom. The van der Waals surface area contributed by atoms with E-state index in [9.17, 15) is 22.8 Å². The SMILES string of the molecule is CN(C)C(=O)[C@H]1CN(S(=O)(=O)c2cn(C)c(=O)n(C)c2=O)c2ccccc2O1. The Kier molecular flexibility index (Phi) is 4.79. The van der Waals surface area contributed by atoms with Crippen LogP contribution in [0.2, 0.25) is 0 Å². The first kappa shape index (κ1) is 19.7. The number of likely N-dealkylation sites (N-methyl/N-ethyl adjacent to an activating group) is 1. The van der Waals surface area contributed by atoms with Crippen LogP contribution in [-0.4, -0.2) is 55.1 Å². The van der Waals surface area contributed by atoms with E-state index >= 15 is 0 Å². The van der Waals surface area contributed by atoms with Crippen molar-refractivity contribution in [3.05, 3.63) is 51.3 Å². The molecule has 28 heavy (non-hydrogen) atoms. The van der Waals surface area contributed by atoms with Crippen LogP contribution < -0.4 is 20.3 Å². The molecule has 0 spiro atoms. The molecule has 0 saturated heterocycles. The fourth-order valence-corrected chi connectivity index (χ4v) is 4.54. The normalized spacial score (nSPS) is 16.3. The molecule has 1 aliphatic heterocycles. The Morgan fingerprint density at radius 2 is 1.82 bits per heavy atom. The molecule has 10 nitrogen and oxygen atoms in total.